The number of amides is 2. The van der Waals surface area contributed by atoms with Gasteiger partial charge in [-0.3, -0.25) is 4.72 Å². The summed E-state index contributed by atoms with van der Waals surface area (Å²) in [5.41, 5.74) is 11.4. The van der Waals surface area contributed by atoms with Gasteiger partial charge in [-0.05, 0) is 29.6 Å². The molecule has 2 amide bonds. The number of nitrogens with two attached hydrogens (primary N) is 2. The summed E-state index contributed by atoms with van der Waals surface area (Å²) in [6.07, 6.45) is 0. The Bertz CT molecular complexity index is 286. The minimum absolute atomic E-state index is 0.522. The largest absolute Gasteiger partial charge is 0.351 e. The standard InChI is InChI=1S/C8H11N3OS/c9-5-6-1-3-7(4-2-6)13-11-8(10)12/h1-4H,5,9H2,(H3,10,11,12). The number of primary amides is 1. The van der Waals surface area contributed by atoms with E-state index in [1.165, 1.54) is 11.9 Å². The van der Waals surface area contributed by atoms with Crippen molar-refractivity contribution in [2.75, 3.05) is 0 Å². The Balaban J connectivity index is 2.54. The highest BCUT2D eigenvalue weighted by atomic mass is 32.2. The first kappa shape index (κ1) is 9.88. The Morgan fingerprint density at radius 1 is 1.38 bits per heavy atom. The van der Waals surface area contributed by atoms with E-state index in [1.807, 2.05) is 24.3 Å². The number of nitrogens with one attached hydrogen (secondary N) is 1. The molecule has 1 rings (SSSR count). The van der Waals surface area contributed by atoms with Crippen LogP contribution in [0.25, 0.3) is 0 Å². The van der Waals surface area contributed by atoms with Gasteiger partial charge in [0.05, 0.1) is 0 Å². The van der Waals surface area contributed by atoms with Crippen LogP contribution in [-0.4, -0.2) is 6.03 Å². The number of carbonyl (C=O) groups excluding carboxylic acids is 1. The van der Waals surface area contributed by atoms with Gasteiger partial charge in [-0.1, -0.05) is 12.1 Å². The van der Waals surface area contributed by atoms with Crippen LogP contribution in [0.1, 0.15) is 5.56 Å². The first-order valence-electron chi connectivity index (χ1n) is 3.73. The molecule has 0 aliphatic heterocycles. The van der Waals surface area contributed by atoms with Gasteiger partial charge in [0.1, 0.15) is 0 Å². The number of hydrogen-bond acceptors (Lipinski definition) is 3. The van der Waals surface area contributed by atoms with Crippen molar-refractivity contribution in [3.63, 3.8) is 0 Å². The highest BCUT2D eigenvalue weighted by Gasteiger charge is 1.95. The van der Waals surface area contributed by atoms with Gasteiger partial charge < -0.3 is 11.5 Å². The van der Waals surface area contributed by atoms with Crippen molar-refractivity contribution in [3.8, 4) is 0 Å². The second-order valence-electron chi connectivity index (χ2n) is 2.42. The maximum absolute atomic E-state index is 10.4. The highest BCUT2D eigenvalue weighted by Crippen LogP contribution is 2.14. The molecule has 0 radical (unpaired) electrons. The minimum Gasteiger partial charge on any atom is -0.351 e. The normalized spacial score (nSPS) is 9.62. The molecule has 0 bridgehead atoms. The number of urea groups is 1. The van der Waals surface area contributed by atoms with Crippen LogP contribution >= 0.6 is 11.9 Å². The van der Waals surface area contributed by atoms with Gasteiger partial charge in [0.15, 0.2) is 0 Å². The number of rotatable bonds is 3. The molecule has 4 nitrogen and oxygen atoms in total. The lowest BCUT2D eigenvalue weighted by molar-refractivity contribution is 0.254. The van der Waals surface area contributed by atoms with E-state index in [0.29, 0.717) is 6.54 Å². The third-order valence-corrected chi connectivity index (χ3v) is 2.24. The van der Waals surface area contributed by atoms with E-state index in [4.69, 9.17) is 11.5 Å². The van der Waals surface area contributed by atoms with Crippen molar-refractivity contribution in [2.24, 2.45) is 11.5 Å². The third kappa shape index (κ3) is 3.35. The van der Waals surface area contributed by atoms with Crippen LogP contribution in [0.3, 0.4) is 0 Å². The fourth-order valence-corrected chi connectivity index (χ4v) is 1.29. The maximum atomic E-state index is 10.4. The molecule has 0 unspecified atom stereocenters. The predicted molar refractivity (Wildman–Crippen MR) is 52.9 cm³/mol. The Labute approximate surface area is 80.8 Å². The Kier molecular flexibility index (Phi) is 3.60. The van der Waals surface area contributed by atoms with Gasteiger partial charge in [0.2, 0.25) is 0 Å². The smallest absolute Gasteiger partial charge is 0.322 e. The molecular formula is C8H11N3OS. The summed E-state index contributed by atoms with van der Waals surface area (Å²) in [5.74, 6) is 0. The highest BCUT2D eigenvalue weighted by molar-refractivity contribution is 7.98. The van der Waals surface area contributed by atoms with Crippen LogP contribution in [0.4, 0.5) is 4.79 Å². The van der Waals surface area contributed by atoms with Crippen molar-refractivity contribution >= 4 is 18.0 Å². The van der Waals surface area contributed by atoms with E-state index >= 15 is 0 Å². The molecule has 5 heteroatoms. The topological polar surface area (TPSA) is 81.1 Å². The monoisotopic (exact) mass is 197 g/mol. The molecule has 0 saturated heterocycles. The molecule has 1 aromatic rings. The molecular weight excluding hydrogens is 186 g/mol. The first-order valence-corrected chi connectivity index (χ1v) is 4.55. The van der Waals surface area contributed by atoms with Crippen molar-refractivity contribution < 1.29 is 4.79 Å². The molecule has 0 aliphatic carbocycles. The fraction of sp³-hybridized carbons (Fsp3) is 0.125. The van der Waals surface area contributed by atoms with Crippen LogP contribution in [0, 0.1) is 0 Å². The van der Waals surface area contributed by atoms with Crippen LogP contribution in [-0.2, 0) is 6.54 Å². The average Bonchev–Trinajstić information content (AvgIpc) is 2.15. The first-order chi connectivity index (χ1) is 6.22. The zero-order chi connectivity index (χ0) is 9.68. The van der Waals surface area contributed by atoms with Crippen molar-refractivity contribution in [3.05, 3.63) is 29.8 Å². The van der Waals surface area contributed by atoms with E-state index in [0.717, 1.165) is 10.5 Å². The molecule has 0 spiro atoms. The number of hydrogen-bond donors (Lipinski definition) is 3. The molecule has 0 fully saturated rings. The second kappa shape index (κ2) is 4.74. The fourth-order valence-electron chi connectivity index (χ4n) is 0.803. The molecule has 1 aromatic carbocycles. The Morgan fingerprint density at radius 2 is 2.00 bits per heavy atom. The quantitative estimate of drug-likeness (QED) is 0.627. The van der Waals surface area contributed by atoms with Gasteiger partial charge in [0, 0.05) is 11.4 Å². The van der Waals surface area contributed by atoms with E-state index in [1.54, 1.807) is 0 Å². The Morgan fingerprint density at radius 3 is 2.46 bits per heavy atom. The molecule has 0 aromatic heterocycles. The molecule has 70 valence electrons. The molecule has 0 aliphatic rings. The predicted octanol–water partition coefficient (Wildman–Crippen LogP) is 0.821. The molecule has 13 heavy (non-hydrogen) atoms. The lowest BCUT2D eigenvalue weighted by atomic mass is 10.2. The number of benzene rings is 1. The molecule has 0 heterocycles. The van der Waals surface area contributed by atoms with Crippen molar-refractivity contribution in [1.29, 1.82) is 0 Å². The SMILES string of the molecule is NCc1ccc(SNC(N)=O)cc1. The second-order valence-corrected chi connectivity index (χ2v) is 3.30. The van der Waals surface area contributed by atoms with Crippen LogP contribution in [0.15, 0.2) is 29.2 Å². The zero-order valence-corrected chi connectivity index (χ0v) is 7.80. The van der Waals surface area contributed by atoms with Gasteiger partial charge in [0.25, 0.3) is 0 Å². The van der Waals surface area contributed by atoms with Crippen LogP contribution in [0.5, 0.6) is 0 Å². The molecule has 0 atom stereocenters. The summed E-state index contributed by atoms with van der Waals surface area (Å²) in [6, 6.07) is 7.02. The lowest BCUT2D eigenvalue weighted by Crippen LogP contribution is -2.22. The third-order valence-electron chi connectivity index (χ3n) is 1.43. The molecule has 0 saturated carbocycles. The summed E-state index contributed by atoms with van der Waals surface area (Å²) in [4.78, 5) is 11.3. The van der Waals surface area contributed by atoms with E-state index in [9.17, 15) is 4.79 Å². The molecule has 5 N–H and O–H groups in total. The maximum Gasteiger partial charge on any atom is 0.322 e. The average molecular weight is 197 g/mol. The van der Waals surface area contributed by atoms with Crippen LogP contribution < -0.4 is 16.2 Å². The van der Waals surface area contributed by atoms with E-state index < -0.39 is 6.03 Å². The summed E-state index contributed by atoms with van der Waals surface area (Å²) >= 11 is 1.18. The van der Waals surface area contributed by atoms with Gasteiger partial charge in [-0.15, -0.1) is 0 Å². The Hall–Kier alpha value is -1.20. The van der Waals surface area contributed by atoms with Gasteiger partial charge in [-0.2, -0.15) is 0 Å². The summed E-state index contributed by atoms with van der Waals surface area (Å²) < 4.78 is 2.42. The van der Waals surface area contributed by atoms with Crippen molar-refractivity contribution in [2.45, 2.75) is 11.4 Å². The van der Waals surface area contributed by atoms with Gasteiger partial charge in [-0.25, -0.2) is 4.79 Å². The summed E-state index contributed by atoms with van der Waals surface area (Å²) in [6.45, 7) is 0.522. The lowest BCUT2D eigenvalue weighted by Gasteiger charge is -2.01. The number of carbonyl (C=O) groups is 1. The van der Waals surface area contributed by atoms with E-state index in [-0.39, 0.29) is 0 Å². The van der Waals surface area contributed by atoms with E-state index in [2.05, 4.69) is 4.72 Å². The zero-order valence-electron chi connectivity index (χ0n) is 6.99. The van der Waals surface area contributed by atoms with Gasteiger partial charge >= 0.3 is 6.03 Å². The minimum atomic E-state index is -0.548. The summed E-state index contributed by atoms with van der Waals surface area (Å²) in [7, 11) is 0. The van der Waals surface area contributed by atoms with Crippen molar-refractivity contribution in [1.82, 2.24) is 4.72 Å². The summed E-state index contributed by atoms with van der Waals surface area (Å²) in [5, 5.41) is 0. The van der Waals surface area contributed by atoms with Crippen LogP contribution in [0.2, 0.25) is 0 Å².